The van der Waals surface area contributed by atoms with Crippen LogP contribution in [-0.4, -0.2) is 67.8 Å². The SMILES string of the molecule is O=C(O)CBr.[KH]. The summed E-state index contributed by atoms with van der Waals surface area (Å²) in [6.07, 6.45) is 0. The summed E-state index contributed by atoms with van der Waals surface area (Å²) in [6.45, 7) is 0. The van der Waals surface area contributed by atoms with Gasteiger partial charge in [0.25, 0.3) is 0 Å². The van der Waals surface area contributed by atoms with Crippen LogP contribution in [0.4, 0.5) is 0 Å². The fraction of sp³-hybridized carbons (Fsp3) is 0.500. The molecule has 0 radical (unpaired) electrons. The van der Waals surface area contributed by atoms with E-state index >= 15 is 0 Å². The van der Waals surface area contributed by atoms with Crippen LogP contribution in [-0.2, 0) is 4.79 Å². The van der Waals surface area contributed by atoms with Gasteiger partial charge in [0, 0.05) is 0 Å². The van der Waals surface area contributed by atoms with Crippen LogP contribution in [0.25, 0.3) is 0 Å². The van der Waals surface area contributed by atoms with Gasteiger partial charge in [-0.25, -0.2) is 0 Å². The van der Waals surface area contributed by atoms with E-state index in [0.29, 0.717) is 0 Å². The Hall–Kier alpha value is 1.59. The summed E-state index contributed by atoms with van der Waals surface area (Å²) < 4.78 is 0. The topological polar surface area (TPSA) is 37.3 Å². The number of hydrogen-bond acceptors (Lipinski definition) is 1. The van der Waals surface area contributed by atoms with Gasteiger partial charge in [0.2, 0.25) is 0 Å². The Bertz CT molecular complexity index is 46.8. The summed E-state index contributed by atoms with van der Waals surface area (Å²) >= 11 is 2.71. The molecule has 0 spiro atoms. The molecule has 0 unspecified atom stereocenters. The van der Waals surface area contributed by atoms with Gasteiger partial charge < -0.3 is 5.11 Å². The molecule has 0 saturated heterocycles. The minimum absolute atomic E-state index is 0. The van der Waals surface area contributed by atoms with Crippen molar-refractivity contribution in [2.45, 2.75) is 0 Å². The molecule has 6 heavy (non-hydrogen) atoms. The van der Waals surface area contributed by atoms with E-state index in [-0.39, 0.29) is 56.7 Å². The molecule has 0 amide bonds. The van der Waals surface area contributed by atoms with E-state index in [2.05, 4.69) is 15.9 Å². The van der Waals surface area contributed by atoms with Gasteiger partial charge in [0.05, 0.1) is 0 Å². The molecule has 0 aliphatic carbocycles. The molecule has 0 heterocycles. The number of alkyl halides is 1. The Balaban J connectivity index is 0. The predicted molar refractivity (Wildman–Crippen MR) is 28.6 cm³/mol. The van der Waals surface area contributed by atoms with Crippen molar-refractivity contribution in [1.82, 2.24) is 0 Å². The van der Waals surface area contributed by atoms with Crippen LogP contribution >= 0.6 is 15.9 Å². The second-order valence-corrected chi connectivity index (χ2v) is 1.09. The molecule has 0 aromatic carbocycles. The summed E-state index contributed by atoms with van der Waals surface area (Å²) in [5.41, 5.74) is 0. The maximum atomic E-state index is 9.32. The Kier molecular flexibility index (Phi) is 11.6. The summed E-state index contributed by atoms with van der Waals surface area (Å²) in [6, 6.07) is 0. The number of hydrogen-bond donors (Lipinski definition) is 1. The van der Waals surface area contributed by atoms with E-state index in [9.17, 15) is 4.79 Å². The van der Waals surface area contributed by atoms with Crippen molar-refractivity contribution >= 4 is 73.3 Å². The van der Waals surface area contributed by atoms with Gasteiger partial charge in [-0.3, -0.25) is 4.79 Å². The fourth-order valence-corrected chi connectivity index (χ4v) is 0. The quantitative estimate of drug-likeness (QED) is 0.447. The standard InChI is InChI=1S/C2H3BrO2.K.H/c3-1-2(4)5;;/h1H2,(H,4,5);;. The molecule has 0 saturated carbocycles. The molecule has 2 nitrogen and oxygen atoms in total. The van der Waals surface area contributed by atoms with Crippen LogP contribution < -0.4 is 0 Å². The maximum absolute atomic E-state index is 9.32. The summed E-state index contributed by atoms with van der Waals surface area (Å²) in [4.78, 5) is 9.32. The normalized spacial score (nSPS) is 6.17. The van der Waals surface area contributed by atoms with Crippen molar-refractivity contribution in [1.29, 1.82) is 0 Å². The third kappa shape index (κ3) is 9.14. The van der Waals surface area contributed by atoms with E-state index in [0.717, 1.165) is 0 Å². The Morgan fingerprint density at radius 1 is 1.83 bits per heavy atom. The first-order valence-electron chi connectivity index (χ1n) is 1.05. The molecule has 1 N–H and O–H groups in total. The Morgan fingerprint density at radius 2 is 2.00 bits per heavy atom. The first-order chi connectivity index (χ1) is 2.27. The first-order valence-corrected chi connectivity index (χ1v) is 2.17. The second-order valence-electron chi connectivity index (χ2n) is 0.527. The zero-order valence-corrected chi connectivity index (χ0v) is 4.03. The van der Waals surface area contributed by atoms with Gasteiger partial charge in [-0.1, -0.05) is 15.9 Å². The second kappa shape index (κ2) is 6.59. The Morgan fingerprint density at radius 3 is 2.00 bits per heavy atom. The van der Waals surface area contributed by atoms with Gasteiger partial charge in [-0.15, -0.1) is 0 Å². The molecule has 0 aromatic heterocycles. The molecular weight excluding hydrogens is 175 g/mol. The third-order valence-corrected chi connectivity index (χ3v) is 0.594. The van der Waals surface area contributed by atoms with Gasteiger partial charge in [-0.05, 0) is 0 Å². The molecule has 0 aliphatic heterocycles. The molecule has 0 rings (SSSR count). The fourth-order valence-electron chi connectivity index (χ4n) is 0. The van der Waals surface area contributed by atoms with E-state index in [1.54, 1.807) is 0 Å². The summed E-state index contributed by atoms with van der Waals surface area (Å²) in [5.74, 6) is -0.829. The van der Waals surface area contributed by atoms with E-state index in [1.807, 2.05) is 0 Å². The van der Waals surface area contributed by atoms with E-state index in [1.165, 1.54) is 0 Å². The van der Waals surface area contributed by atoms with Crippen LogP contribution in [0.1, 0.15) is 0 Å². The molecule has 0 aromatic rings. The minimum atomic E-state index is -0.829. The molecule has 32 valence electrons. The van der Waals surface area contributed by atoms with Gasteiger partial charge >= 0.3 is 57.4 Å². The van der Waals surface area contributed by atoms with Crippen molar-refractivity contribution in [3.63, 3.8) is 0 Å². The van der Waals surface area contributed by atoms with Crippen LogP contribution in [0.15, 0.2) is 0 Å². The van der Waals surface area contributed by atoms with Crippen LogP contribution in [0.3, 0.4) is 0 Å². The summed E-state index contributed by atoms with van der Waals surface area (Å²) in [5, 5.41) is 7.71. The first kappa shape index (κ1) is 10.5. The van der Waals surface area contributed by atoms with Crippen molar-refractivity contribution in [3.05, 3.63) is 0 Å². The molecule has 0 bridgehead atoms. The van der Waals surface area contributed by atoms with Crippen LogP contribution in [0, 0.1) is 0 Å². The number of carbonyl (C=O) groups is 1. The average molecular weight is 179 g/mol. The van der Waals surface area contributed by atoms with Gasteiger partial charge in [-0.2, -0.15) is 0 Å². The number of carboxylic acids is 1. The molecule has 0 atom stereocenters. The van der Waals surface area contributed by atoms with Crippen LogP contribution in [0.2, 0.25) is 0 Å². The molecule has 4 heteroatoms. The van der Waals surface area contributed by atoms with Crippen LogP contribution in [0.5, 0.6) is 0 Å². The predicted octanol–water partition coefficient (Wildman–Crippen LogP) is -0.183. The number of aliphatic carboxylic acids is 1. The zero-order valence-electron chi connectivity index (χ0n) is 2.44. The third-order valence-electron chi connectivity index (χ3n) is 0.114. The summed E-state index contributed by atoms with van der Waals surface area (Å²) in [7, 11) is 0. The van der Waals surface area contributed by atoms with E-state index in [4.69, 9.17) is 5.11 Å². The van der Waals surface area contributed by atoms with Crippen molar-refractivity contribution in [2.24, 2.45) is 0 Å². The zero-order chi connectivity index (χ0) is 4.28. The Labute approximate surface area is 86.9 Å². The number of rotatable bonds is 1. The van der Waals surface area contributed by atoms with E-state index < -0.39 is 5.97 Å². The number of carboxylic acid groups (broad SMARTS) is 1. The molecule has 0 aliphatic rings. The van der Waals surface area contributed by atoms with Crippen molar-refractivity contribution < 1.29 is 9.90 Å². The van der Waals surface area contributed by atoms with Gasteiger partial charge in [0.1, 0.15) is 5.33 Å². The van der Waals surface area contributed by atoms with Crippen molar-refractivity contribution in [2.75, 3.05) is 5.33 Å². The van der Waals surface area contributed by atoms with Gasteiger partial charge in [0.15, 0.2) is 0 Å². The number of halogens is 1. The monoisotopic (exact) mass is 178 g/mol. The average Bonchev–Trinajstić information content (AvgIpc) is 1.38. The van der Waals surface area contributed by atoms with Crippen molar-refractivity contribution in [3.8, 4) is 0 Å². The molecular formula is C2H4BrKO2. The molecule has 0 fully saturated rings.